The Bertz CT molecular complexity index is 537. The van der Waals surface area contributed by atoms with Crippen LogP contribution in [0, 0.1) is 26.7 Å². The third-order valence-corrected chi connectivity index (χ3v) is 3.93. The van der Waals surface area contributed by atoms with Crippen molar-refractivity contribution in [1.82, 2.24) is 0 Å². The number of aryl methyl sites for hydroxylation is 3. The molecule has 1 aliphatic carbocycles. The Morgan fingerprint density at radius 1 is 1.22 bits per heavy atom. The Balaban J connectivity index is 2.05. The first kappa shape index (κ1) is 11.5. The molecule has 3 nitrogen and oxygen atoms in total. The average molecular weight is 243 g/mol. The number of carbonyl (C=O) groups is 1. The van der Waals surface area contributed by atoms with Gasteiger partial charge < -0.3 is 4.84 Å². The van der Waals surface area contributed by atoms with E-state index in [0.29, 0.717) is 6.42 Å². The summed E-state index contributed by atoms with van der Waals surface area (Å²) in [6.45, 7) is 6.29. The van der Waals surface area contributed by atoms with Crippen LogP contribution in [0.2, 0.25) is 0 Å². The molecule has 0 saturated heterocycles. The first-order valence-electron chi connectivity index (χ1n) is 6.42. The Kier molecular flexibility index (Phi) is 2.51. The first-order valence-corrected chi connectivity index (χ1v) is 6.42. The van der Waals surface area contributed by atoms with Gasteiger partial charge in [0.1, 0.15) is 0 Å². The standard InChI is InChI=1S/C15H17NO2/c1-8-6-9(2)13(10(3)7-8)14-11-4-5-12(17)15(11)18-16-14/h6-7,11,15H,4-5H2,1-3H3/t11-,15+/m1/s1. The van der Waals surface area contributed by atoms with Crippen LogP contribution in [0.1, 0.15) is 35.1 Å². The molecule has 0 radical (unpaired) electrons. The molecule has 1 saturated carbocycles. The van der Waals surface area contributed by atoms with Gasteiger partial charge in [0, 0.05) is 12.0 Å². The normalized spacial score (nSPS) is 25.9. The van der Waals surface area contributed by atoms with Crippen LogP contribution in [-0.4, -0.2) is 17.6 Å². The SMILES string of the molecule is Cc1cc(C)c(C2=NO[C@@H]3C(=O)CC[C@H]23)c(C)c1. The second-order valence-electron chi connectivity index (χ2n) is 5.39. The molecule has 1 heterocycles. The number of nitrogens with zero attached hydrogens (tertiary/aromatic N) is 1. The Morgan fingerprint density at radius 3 is 2.56 bits per heavy atom. The molecule has 1 aromatic carbocycles. The number of Topliss-reactive ketones (excluding diaryl/α,β-unsaturated/α-hetero) is 1. The third-order valence-electron chi connectivity index (χ3n) is 3.93. The summed E-state index contributed by atoms with van der Waals surface area (Å²) >= 11 is 0. The Hall–Kier alpha value is -1.64. The van der Waals surface area contributed by atoms with Crippen molar-refractivity contribution in [2.75, 3.05) is 0 Å². The van der Waals surface area contributed by atoms with Crippen LogP contribution in [0.4, 0.5) is 0 Å². The molecular weight excluding hydrogens is 226 g/mol. The molecule has 0 aromatic heterocycles. The highest BCUT2D eigenvalue weighted by Crippen LogP contribution is 2.35. The number of rotatable bonds is 1. The number of oxime groups is 1. The summed E-state index contributed by atoms with van der Waals surface area (Å²) in [6.07, 6.45) is 1.17. The smallest absolute Gasteiger partial charge is 0.193 e. The van der Waals surface area contributed by atoms with Crippen LogP contribution in [0.3, 0.4) is 0 Å². The van der Waals surface area contributed by atoms with E-state index in [2.05, 4.69) is 38.1 Å². The molecule has 1 aliphatic heterocycles. The van der Waals surface area contributed by atoms with Gasteiger partial charge in [-0.2, -0.15) is 0 Å². The van der Waals surface area contributed by atoms with Crippen LogP contribution in [0.5, 0.6) is 0 Å². The van der Waals surface area contributed by atoms with E-state index in [0.717, 1.165) is 12.1 Å². The summed E-state index contributed by atoms with van der Waals surface area (Å²) in [7, 11) is 0. The molecule has 3 rings (SSSR count). The highest BCUT2D eigenvalue weighted by atomic mass is 16.6. The minimum absolute atomic E-state index is 0.164. The van der Waals surface area contributed by atoms with Crippen molar-refractivity contribution >= 4 is 11.5 Å². The second-order valence-corrected chi connectivity index (χ2v) is 5.39. The van der Waals surface area contributed by atoms with Crippen molar-refractivity contribution in [2.24, 2.45) is 11.1 Å². The van der Waals surface area contributed by atoms with E-state index in [9.17, 15) is 4.79 Å². The maximum absolute atomic E-state index is 11.7. The van der Waals surface area contributed by atoms with Crippen molar-refractivity contribution in [2.45, 2.75) is 39.7 Å². The van der Waals surface area contributed by atoms with Crippen LogP contribution in [0.25, 0.3) is 0 Å². The predicted octanol–water partition coefficient (Wildman–Crippen LogP) is 2.69. The van der Waals surface area contributed by atoms with Crippen LogP contribution < -0.4 is 0 Å². The van der Waals surface area contributed by atoms with Crippen molar-refractivity contribution < 1.29 is 9.63 Å². The summed E-state index contributed by atoms with van der Waals surface area (Å²) in [5.74, 6) is 0.360. The summed E-state index contributed by atoms with van der Waals surface area (Å²) in [5.41, 5.74) is 5.83. The fraction of sp³-hybridized carbons (Fsp3) is 0.467. The molecular formula is C15H17NO2. The lowest BCUT2D eigenvalue weighted by atomic mass is 9.88. The molecule has 0 amide bonds. The van der Waals surface area contributed by atoms with Crippen LogP contribution in [0.15, 0.2) is 17.3 Å². The lowest BCUT2D eigenvalue weighted by Gasteiger charge is -2.14. The monoisotopic (exact) mass is 243 g/mol. The number of fused-ring (bicyclic) bond motifs is 1. The number of hydrogen-bond donors (Lipinski definition) is 0. The molecule has 3 heteroatoms. The molecule has 0 unspecified atom stereocenters. The van der Waals surface area contributed by atoms with Gasteiger partial charge in [0.2, 0.25) is 0 Å². The van der Waals surface area contributed by atoms with Gasteiger partial charge in [-0.1, -0.05) is 22.9 Å². The van der Waals surface area contributed by atoms with Crippen molar-refractivity contribution in [1.29, 1.82) is 0 Å². The number of carbonyl (C=O) groups excluding carboxylic acids is 1. The summed E-state index contributed by atoms with van der Waals surface area (Å²) in [6, 6.07) is 4.32. The Morgan fingerprint density at radius 2 is 1.89 bits per heavy atom. The van der Waals surface area contributed by atoms with Gasteiger partial charge in [-0.3, -0.25) is 4.79 Å². The summed E-state index contributed by atoms with van der Waals surface area (Å²) < 4.78 is 0. The van der Waals surface area contributed by atoms with Gasteiger partial charge in [0.05, 0.1) is 11.6 Å². The molecule has 1 aromatic rings. The molecule has 1 fully saturated rings. The number of ketones is 1. The quantitative estimate of drug-likeness (QED) is 0.760. The molecule has 2 aliphatic rings. The molecule has 0 spiro atoms. The van der Waals surface area contributed by atoms with Gasteiger partial charge in [0.25, 0.3) is 0 Å². The largest absolute Gasteiger partial charge is 0.383 e. The van der Waals surface area contributed by atoms with Crippen LogP contribution in [-0.2, 0) is 9.63 Å². The highest BCUT2D eigenvalue weighted by Gasteiger charge is 2.45. The van der Waals surface area contributed by atoms with E-state index in [4.69, 9.17) is 4.84 Å². The van der Waals surface area contributed by atoms with Crippen molar-refractivity contribution in [3.63, 3.8) is 0 Å². The van der Waals surface area contributed by atoms with Gasteiger partial charge in [-0.05, 0) is 38.3 Å². The maximum atomic E-state index is 11.7. The highest BCUT2D eigenvalue weighted by molar-refractivity contribution is 6.09. The summed E-state index contributed by atoms with van der Waals surface area (Å²) in [5, 5.41) is 4.19. The molecule has 0 bridgehead atoms. The zero-order chi connectivity index (χ0) is 12.9. The van der Waals surface area contributed by atoms with Gasteiger partial charge in [-0.15, -0.1) is 0 Å². The van der Waals surface area contributed by atoms with E-state index < -0.39 is 0 Å². The van der Waals surface area contributed by atoms with Gasteiger partial charge in [0.15, 0.2) is 11.9 Å². The fourth-order valence-corrected chi connectivity index (χ4v) is 3.22. The first-order chi connectivity index (χ1) is 8.58. The average Bonchev–Trinajstić information content (AvgIpc) is 2.82. The van der Waals surface area contributed by atoms with Crippen molar-refractivity contribution in [3.8, 4) is 0 Å². The van der Waals surface area contributed by atoms with Crippen LogP contribution >= 0.6 is 0 Å². The second kappa shape index (κ2) is 3.94. The predicted molar refractivity (Wildman–Crippen MR) is 69.8 cm³/mol. The lowest BCUT2D eigenvalue weighted by Crippen LogP contribution is -2.23. The molecule has 0 N–H and O–H groups in total. The van der Waals surface area contributed by atoms with Crippen molar-refractivity contribution in [3.05, 3.63) is 34.4 Å². The zero-order valence-corrected chi connectivity index (χ0v) is 11.0. The third kappa shape index (κ3) is 1.57. The fourth-order valence-electron chi connectivity index (χ4n) is 3.22. The molecule has 94 valence electrons. The zero-order valence-electron chi connectivity index (χ0n) is 11.0. The van der Waals surface area contributed by atoms with E-state index in [1.807, 2.05) is 0 Å². The number of hydrogen-bond acceptors (Lipinski definition) is 3. The molecule has 18 heavy (non-hydrogen) atoms. The lowest BCUT2D eigenvalue weighted by molar-refractivity contribution is -0.126. The minimum Gasteiger partial charge on any atom is -0.383 e. The van der Waals surface area contributed by atoms with Gasteiger partial charge >= 0.3 is 0 Å². The van der Waals surface area contributed by atoms with Gasteiger partial charge in [-0.25, -0.2) is 0 Å². The number of benzene rings is 1. The maximum Gasteiger partial charge on any atom is 0.193 e. The topological polar surface area (TPSA) is 38.7 Å². The van der Waals surface area contributed by atoms with E-state index in [-0.39, 0.29) is 17.8 Å². The van der Waals surface area contributed by atoms with E-state index in [1.165, 1.54) is 22.3 Å². The Labute approximate surface area is 107 Å². The van der Waals surface area contributed by atoms with E-state index in [1.54, 1.807) is 0 Å². The minimum atomic E-state index is -0.319. The van der Waals surface area contributed by atoms with E-state index >= 15 is 0 Å². The summed E-state index contributed by atoms with van der Waals surface area (Å²) in [4.78, 5) is 17.0. The molecule has 2 atom stereocenters.